The number of hydrogen-bond donors (Lipinski definition) is 2. The van der Waals surface area contributed by atoms with Crippen LogP contribution in [0.1, 0.15) is 6.42 Å². The van der Waals surface area contributed by atoms with Crippen LogP contribution in [-0.4, -0.2) is 60.7 Å². The van der Waals surface area contributed by atoms with Gasteiger partial charge in [0.1, 0.15) is 0 Å². The van der Waals surface area contributed by atoms with Gasteiger partial charge >= 0.3 is 0 Å². The molecule has 0 atom stereocenters. The summed E-state index contributed by atoms with van der Waals surface area (Å²) >= 11 is 0. The highest BCUT2D eigenvalue weighted by atomic mass is 16.5. The molecule has 0 heterocycles. The number of ether oxygens (including phenoxy) is 4. The van der Waals surface area contributed by atoms with Gasteiger partial charge in [-0.2, -0.15) is 0 Å². The van der Waals surface area contributed by atoms with E-state index in [1.807, 2.05) is 18.2 Å². The quantitative estimate of drug-likeness (QED) is 0.388. The molecular weight excluding hydrogens is 298 g/mol. The van der Waals surface area contributed by atoms with Crippen molar-refractivity contribution in [1.29, 1.82) is 0 Å². The van der Waals surface area contributed by atoms with E-state index in [9.17, 15) is 0 Å². The Kier molecular flexibility index (Phi) is 9.58. The summed E-state index contributed by atoms with van der Waals surface area (Å²) in [5, 5.41) is 6.44. The van der Waals surface area contributed by atoms with E-state index < -0.39 is 0 Å². The minimum atomic E-state index is 0.620. The zero-order valence-corrected chi connectivity index (χ0v) is 14.3. The van der Waals surface area contributed by atoms with E-state index in [2.05, 4.69) is 15.6 Å². The third-order valence-corrected chi connectivity index (χ3v) is 3.06. The van der Waals surface area contributed by atoms with E-state index in [1.165, 1.54) is 0 Å². The Hall–Kier alpha value is -1.99. The molecule has 23 heavy (non-hydrogen) atoms. The van der Waals surface area contributed by atoms with E-state index in [4.69, 9.17) is 18.9 Å². The molecule has 0 unspecified atom stereocenters. The van der Waals surface area contributed by atoms with E-state index in [-0.39, 0.29) is 0 Å². The normalized spacial score (nSPS) is 11.2. The van der Waals surface area contributed by atoms with Gasteiger partial charge in [-0.25, -0.2) is 0 Å². The SMILES string of the molecule is CN=C(NCCCOCCOC)Nc1ccc(OC)c(OC)c1. The highest BCUT2D eigenvalue weighted by molar-refractivity contribution is 5.93. The summed E-state index contributed by atoms with van der Waals surface area (Å²) in [7, 11) is 6.61. The second kappa shape index (κ2) is 11.6. The molecule has 1 aromatic carbocycles. The molecule has 0 saturated carbocycles. The first-order valence-corrected chi connectivity index (χ1v) is 7.51. The van der Waals surface area contributed by atoms with Crippen LogP contribution in [0.25, 0.3) is 0 Å². The summed E-state index contributed by atoms with van der Waals surface area (Å²) in [6.07, 6.45) is 0.885. The number of benzene rings is 1. The van der Waals surface area contributed by atoms with E-state index in [0.29, 0.717) is 37.3 Å². The van der Waals surface area contributed by atoms with Gasteiger partial charge in [0.05, 0.1) is 27.4 Å². The third-order valence-electron chi connectivity index (χ3n) is 3.06. The van der Waals surface area contributed by atoms with Gasteiger partial charge in [0.15, 0.2) is 17.5 Å². The molecule has 0 radical (unpaired) electrons. The maximum atomic E-state index is 5.41. The zero-order valence-electron chi connectivity index (χ0n) is 14.3. The fraction of sp³-hybridized carbons (Fsp3) is 0.562. The molecule has 0 amide bonds. The monoisotopic (exact) mass is 325 g/mol. The van der Waals surface area contributed by atoms with Crippen LogP contribution in [0.15, 0.2) is 23.2 Å². The lowest BCUT2D eigenvalue weighted by Crippen LogP contribution is -2.32. The molecule has 0 saturated heterocycles. The Labute approximate surface area is 138 Å². The standard InChI is InChI=1S/C16H27N3O4/c1-17-16(18-8-5-9-23-11-10-20-2)19-13-6-7-14(21-3)15(12-13)22-4/h6-7,12H,5,8-11H2,1-4H3,(H2,17,18,19). The lowest BCUT2D eigenvalue weighted by molar-refractivity contribution is 0.0699. The lowest BCUT2D eigenvalue weighted by Gasteiger charge is -2.14. The number of anilines is 1. The van der Waals surface area contributed by atoms with Crippen molar-refractivity contribution in [2.24, 2.45) is 4.99 Å². The molecular formula is C16H27N3O4. The van der Waals surface area contributed by atoms with Crippen LogP contribution in [0.2, 0.25) is 0 Å². The molecule has 1 rings (SSSR count). The van der Waals surface area contributed by atoms with Crippen LogP contribution in [0.4, 0.5) is 5.69 Å². The van der Waals surface area contributed by atoms with Crippen LogP contribution in [0, 0.1) is 0 Å². The molecule has 1 aromatic rings. The Morgan fingerprint density at radius 2 is 1.83 bits per heavy atom. The third kappa shape index (κ3) is 7.21. The van der Waals surface area contributed by atoms with Crippen molar-refractivity contribution in [2.45, 2.75) is 6.42 Å². The molecule has 7 nitrogen and oxygen atoms in total. The van der Waals surface area contributed by atoms with Gasteiger partial charge in [0.2, 0.25) is 0 Å². The predicted molar refractivity (Wildman–Crippen MR) is 91.8 cm³/mol. The van der Waals surface area contributed by atoms with Gasteiger partial charge in [-0.3, -0.25) is 4.99 Å². The topological polar surface area (TPSA) is 73.3 Å². The lowest BCUT2D eigenvalue weighted by atomic mass is 10.3. The molecule has 0 spiro atoms. The number of aliphatic imine (C=N–C) groups is 1. The average Bonchev–Trinajstić information content (AvgIpc) is 2.59. The average molecular weight is 325 g/mol. The number of rotatable bonds is 10. The molecule has 7 heteroatoms. The predicted octanol–water partition coefficient (Wildman–Crippen LogP) is 1.74. The van der Waals surface area contributed by atoms with E-state index >= 15 is 0 Å². The van der Waals surface area contributed by atoms with E-state index in [0.717, 1.165) is 18.7 Å². The smallest absolute Gasteiger partial charge is 0.195 e. The summed E-state index contributed by atoms with van der Waals surface area (Å²) in [6, 6.07) is 5.61. The maximum Gasteiger partial charge on any atom is 0.195 e. The molecule has 0 aliphatic rings. The molecule has 2 N–H and O–H groups in total. The summed E-state index contributed by atoms with van der Waals surface area (Å²) in [5.41, 5.74) is 0.868. The van der Waals surface area contributed by atoms with Gasteiger partial charge in [0.25, 0.3) is 0 Å². The van der Waals surface area contributed by atoms with Crippen molar-refractivity contribution < 1.29 is 18.9 Å². The fourth-order valence-corrected chi connectivity index (χ4v) is 1.86. The highest BCUT2D eigenvalue weighted by Crippen LogP contribution is 2.29. The van der Waals surface area contributed by atoms with Crippen molar-refractivity contribution in [3.05, 3.63) is 18.2 Å². The first-order valence-electron chi connectivity index (χ1n) is 7.51. The molecule has 0 bridgehead atoms. The molecule has 0 aliphatic heterocycles. The number of hydrogen-bond acceptors (Lipinski definition) is 5. The Bertz CT molecular complexity index is 480. The first-order chi connectivity index (χ1) is 11.2. The fourth-order valence-electron chi connectivity index (χ4n) is 1.86. The van der Waals surface area contributed by atoms with Crippen molar-refractivity contribution in [2.75, 3.05) is 60.1 Å². The number of nitrogens with zero attached hydrogens (tertiary/aromatic N) is 1. The van der Waals surface area contributed by atoms with Crippen LogP contribution in [0.5, 0.6) is 11.5 Å². The van der Waals surface area contributed by atoms with Crippen molar-refractivity contribution in [3.63, 3.8) is 0 Å². The molecule has 0 aliphatic carbocycles. The van der Waals surface area contributed by atoms with Crippen LogP contribution < -0.4 is 20.1 Å². The number of nitrogens with one attached hydrogen (secondary N) is 2. The molecule has 130 valence electrons. The first kappa shape index (κ1) is 19.1. The summed E-state index contributed by atoms with van der Waals surface area (Å²) in [6.45, 7) is 2.69. The second-order valence-electron chi connectivity index (χ2n) is 4.65. The van der Waals surface area contributed by atoms with Crippen LogP contribution in [0.3, 0.4) is 0 Å². The van der Waals surface area contributed by atoms with E-state index in [1.54, 1.807) is 28.4 Å². The van der Waals surface area contributed by atoms with Crippen LogP contribution in [-0.2, 0) is 9.47 Å². The largest absolute Gasteiger partial charge is 0.493 e. The van der Waals surface area contributed by atoms with Gasteiger partial charge < -0.3 is 29.6 Å². The van der Waals surface area contributed by atoms with Crippen molar-refractivity contribution >= 4 is 11.6 Å². The second-order valence-corrected chi connectivity index (χ2v) is 4.65. The Morgan fingerprint density at radius 3 is 2.48 bits per heavy atom. The minimum Gasteiger partial charge on any atom is -0.493 e. The summed E-state index contributed by atoms with van der Waals surface area (Å²) in [5.74, 6) is 2.04. The highest BCUT2D eigenvalue weighted by Gasteiger charge is 2.06. The maximum absolute atomic E-state index is 5.41. The van der Waals surface area contributed by atoms with Gasteiger partial charge in [-0.15, -0.1) is 0 Å². The minimum absolute atomic E-state index is 0.620. The zero-order chi connectivity index (χ0) is 16.9. The van der Waals surface area contributed by atoms with Gasteiger partial charge in [-0.1, -0.05) is 0 Å². The van der Waals surface area contributed by atoms with Crippen LogP contribution >= 0.6 is 0 Å². The Morgan fingerprint density at radius 1 is 1.04 bits per heavy atom. The summed E-state index contributed by atoms with van der Waals surface area (Å²) < 4.78 is 20.8. The number of methoxy groups -OCH3 is 3. The van der Waals surface area contributed by atoms with Gasteiger partial charge in [0, 0.05) is 39.1 Å². The summed E-state index contributed by atoms with van der Waals surface area (Å²) in [4.78, 5) is 4.19. The molecule has 0 aromatic heterocycles. The van der Waals surface area contributed by atoms with Gasteiger partial charge in [-0.05, 0) is 18.6 Å². The number of guanidine groups is 1. The Balaban J connectivity index is 2.39. The van der Waals surface area contributed by atoms with Crippen molar-refractivity contribution in [1.82, 2.24) is 5.32 Å². The molecule has 0 fully saturated rings. The van der Waals surface area contributed by atoms with Crippen molar-refractivity contribution in [3.8, 4) is 11.5 Å².